The van der Waals surface area contributed by atoms with Crippen molar-refractivity contribution in [3.05, 3.63) is 32.9 Å². The van der Waals surface area contributed by atoms with Crippen molar-refractivity contribution < 1.29 is 9.66 Å². The zero-order valence-electron chi connectivity index (χ0n) is 11.2. The van der Waals surface area contributed by atoms with Crippen LogP contribution < -0.4 is 4.74 Å². The van der Waals surface area contributed by atoms with E-state index in [0.717, 1.165) is 11.1 Å². The first-order chi connectivity index (χ1) is 7.70. The van der Waals surface area contributed by atoms with Crippen molar-refractivity contribution in [3.8, 4) is 5.75 Å². The fourth-order valence-electron chi connectivity index (χ4n) is 1.86. The van der Waals surface area contributed by atoms with Crippen LogP contribution in [0.15, 0.2) is 6.07 Å². The van der Waals surface area contributed by atoms with Gasteiger partial charge in [-0.2, -0.15) is 0 Å². The normalized spacial score (nSPS) is 11.4. The van der Waals surface area contributed by atoms with E-state index in [1.54, 1.807) is 6.92 Å². The zero-order chi connectivity index (χ0) is 13.4. The average Bonchev–Trinajstić information content (AvgIpc) is 2.18. The lowest BCUT2D eigenvalue weighted by atomic mass is 9.84. The van der Waals surface area contributed by atoms with Crippen LogP contribution in [-0.4, -0.2) is 12.0 Å². The first kappa shape index (κ1) is 13.5. The monoisotopic (exact) mass is 237 g/mol. The van der Waals surface area contributed by atoms with Crippen LogP contribution in [0, 0.1) is 24.0 Å². The smallest absolute Gasteiger partial charge is 0.314 e. The van der Waals surface area contributed by atoms with Gasteiger partial charge in [-0.15, -0.1) is 0 Å². The predicted octanol–water partition coefficient (Wildman–Crippen LogP) is 3.52. The Balaban J connectivity index is 3.70. The minimum atomic E-state index is -0.365. The van der Waals surface area contributed by atoms with E-state index in [9.17, 15) is 10.1 Å². The Morgan fingerprint density at radius 3 is 2.18 bits per heavy atom. The fourth-order valence-corrected chi connectivity index (χ4v) is 1.86. The summed E-state index contributed by atoms with van der Waals surface area (Å²) < 4.78 is 5.26. The summed E-state index contributed by atoms with van der Waals surface area (Å²) in [5, 5.41) is 11.2. The van der Waals surface area contributed by atoms with E-state index in [1.807, 2.05) is 33.8 Å². The summed E-state index contributed by atoms with van der Waals surface area (Å²) in [6.45, 7) is 9.69. The molecule has 0 unspecified atom stereocenters. The molecule has 0 saturated carbocycles. The highest BCUT2D eigenvalue weighted by molar-refractivity contribution is 5.61. The van der Waals surface area contributed by atoms with Crippen molar-refractivity contribution >= 4 is 5.69 Å². The summed E-state index contributed by atoms with van der Waals surface area (Å²) in [5.41, 5.74) is 2.35. The van der Waals surface area contributed by atoms with E-state index in [0.29, 0.717) is 11.3 Å². The molecule has 0 radical (unpaired) electrons. The summed E-state index contributed by atoms with van der Waals surface area (Å²) in [6.07, 6.45) is 0. The number of nitro groups is 1. The largest absolute Gasteiger partial charge is 0.490 e. The summed E-state index contributed by atoms with van der Waals surface area (Å²) >= 11 is 0. The van der Waals surface area contributed by atoms with Gasteiger partial charge in [0, 0.05) is 11.1 Å². The number of rotatable bonds is 2. The molecule has 4 nitrogen and oxygen atoms in total. The van der Waals surface area contributed by atoms with Gasteiger partial charge in [0.05, 0.1) is 12.0 Å². The minimum Gasteiger partial charge on any atom is -0.490 e. The van der Waals surface area contributed by atoms with Crippen LogP contribution in [0.3, 0.4) is 0 Å². The van der Waals surface area contributed by atoms with Crippen molar-refractivity contribution in [1.29, 1.82) is 0 Å². The Bertz CT molecular complexity index is 459. The molecular formula is C13H19NO3. The number of methoxy groups -OCH3 is 1. The van der Waals surface area contributed by atoms with E-state index < -0.39 is 0 Å². The molecule has 94 valence electrons. The molecule has 0 saturated heterocycles. The first-order valence-corrected chi connectivity index (χ1v) is 5.53. The van der Waals surface area contributed by atoms with Crippen molar-refractivity contribution in [2.45, 2.75) is 40.0 Å². The molecule has 0 fully saturated rings. The summed E-state index contributed by atoms with van der Waals surface area (Å²) in [7, 11) is 1.48. The third-order valence-corrected chi connectivity index (χ3v) is 2.96. The Morgan fingerprint density at radius 1 is 1.29 bits per heavy atom. The molecule has 0 N–H and O–H groups in total. The summed E-state index contributed by atoms with van der Waals surface area (Å²) in [6, 6.07) is 1.97. The summed E-state index contributed by atoms with van der Waals surface area (Å²) in [4.78, 5) is 10.8. The molecule has 1 aromatic rings. The Hall–Kier alpha value is -1.58. The summed E-state index contributed by atoms with van der Waals surface area (Å²) in [5.74, 6) is 0.380. The van der Waals surface area contributed by atoms with Crippen LogP contribution >= 0.6 is 0 Å². The van der Waals surface area contributed by atoms with Crippen LogP contribution in [0.5, 0.6) is 5.75 Å². The van der Waals surface area contributed by atoms with Crippen LogP contribution in [0.25, 0.3) is 0 Å². The van der Waals surface area contributed by atoms with E-state index in [4.69, 9.17) is 4.74 Å². The highest BCUT2D eigenvalue weighted by Gasteiger charge is 2.29. The van der Waals surface area contributed by atoms with E-state index in [1.165, 1.54) is 7.11 Å². The van der Waals surface area contributed by atoms with Crippen LogP contribution in [0.2, 0.25) is 0 Å². The van der Waals surface area contributed by atoms with Gasteiger partial charge < -0.3 is 4.74 Å². The third kappa shape index (κ3) is 2.40. The molecule has 0 aliphatic heterocycles. The number of benzene rings is 1. The van der Waals surface area contributed by atoms with Crippen LogP contribution in [-0.2, 0) is 5.41 Å². The van der Waals surface area contributed by atoms with Crippen molar-refractivity contribution in [1.82, 2.24) is 0 Å². The SMILES string of the molecule is COc1c(C(C)(C)C)cc(C)c(C)c1[N+](=O)[O-]. The molecule has 0 amide bonds. The lowest BCUT2D eigenvalue weighted by molar-refractivity contribution is -0.386. The van der Waals surface area contributed by atoms with Gasteiger partial charge in [-0.3, -0.25) is 10.1 Å². The maximum atomic E-state index is 11.2. The molecule has 0 bridgehead atoms. The fraction of sp³-hybridized carbons (Fsp3) is 0.538. The maximum Gasteiger partial charge on any atom is 0.314 e. The molecule has 1 aromatic carbocycles. The first-order valence-electron chi connectivity index (χ1n) is 5.53. The Morgan fingerprint density at radius 2 is 1.82 bits per heavy atom. The molecular weight excluding hydrogens is 218 g/mol. The lowest BCUT2D eigenvalue weighted by Gasteiger charge is -2.23. The van der Waals surface area contributed by atoms with Crippen LogP contribution in [0.4, 0.5) is 5.69 Å². The molecule has 0 aromatic heterocycles. The van der Waals surface area contributed by atoms with Crippen LogP contribution in [0.1, 0.15) is 37.5 Å². The number of hydrogen-bond donors (Lipinski definition) is 0. The molecule has 0 atom stereocenters. The Labute approximate surface area is 102 Å². The van der Waals surface area contributed by atoms with Gasteiger partial charge >= 0.3 is 5.69 Å². The number of aryl methyl sites for hydroxylation is 1. The highest BCUT2D eigenvalue weighted by Crippen LogP contribution is 2.41. The van der Waals surface area contributed by atoms with E-state index in [-0.39, 0.29) is 16.0 Å². The quantitative estimate of drug-likeness (QED) is 0.584. The molecule has 0 heterocycles. The zero-order valence-corrected chi connectivity index (χ0v) is 11.2. The van der Waals surface area contributed by atoms with Gasteiger partial charge in [-0.1, -0.05) is 26.8 Å². The number of nitrogens with zero attached hydrogens (tertiary/aromatic N) is 1. The molecule has 1 rings (SSSR count). The average molecular weight is 237 g/mol. The van der Waals surface area contributed by atoms with E-state index >= 15 is 0 Å². The van der Waals surface area contributed by atoms with Crippen molar-refractivity contribution in [2.24, 2.45) is 0 Å². The molecule has 4 heteroatoms. The number of ether oxygens (including phenoxy) is 1. The third-order valence-electron chi connectivity index (χ3n) is 2.96. The number of nitro benzene ring substituents is 1. The van der Waals surface area contributed by atoms with Gasteiger partial charge in [-0.05, 0) is 24.8 Å². The second-order valence-corrected chi connectivity index (χ2v) is 5.25. The van der Waals surface area contributed by atoms with Crippen molar-refractivity contribution in [3.63, 3.8) is 0 Å². The van der Waals surface area contributed by atoms with Gasteiger partial charge in [0.1, 0.15) is 0 Å². The van der Waals surface area contributed by atoms with Gasteiger partial charge in [0.25, 0.3) is 0 Å². The number of hydrogen-bond acceptors (Lipinski definition) is 3. The molecule has 0 aliphatic rings. The highest BCUT2D eigenvalue weighted by atomic mass is 16.6. The molecule has 17 heavy (non-hydrogen) atoms. The second kappa shape index (κ2) is 4.35. The minimum absolute atomic E-state index is 0.0809. The molecule has 0 spiro atoms. The van der Waals surface area contributed by atoms with E-state index in [2.05, 4.69) is 0 Å². The standard InChI is InChI=1S/C13H19NO3/c1-8-7-10(13(3,4)5)12(17-6)11(9(8)2)14(15)16/h7H,1-6H3. The topological polar surface area (TPSA) is 52.4 Å². The maximum absolute atomic E-state index is 11.2. The lowest BCUT2D eigenvalue weighted by Crippen LogP contribution is -2.15. The second-order valence-electron chi connectivity index (χ2n) is 5.25. The van der Waals surface area contributed by atoms with Gasteiger partial charge in [0.2, 0.25) is 5.75 Å². The van der Waals surface area contributed by atoms with Crippen molar-refractivity contribution in [2.75, 3.05) is 7.11 Å². The van der Waals surface area contributed by atoms with Gasteiger partial charge in [-0.25, -0.2) is 0 Å². The van der Waals surface area contributed by atoms with Gasteiger partial charge in [0.15, 0.2) is 0 Å². The molecule has 0 aliphatic carbocycles. The Kier molecular flexibility index (Phi) is 3.45. The predicted molar refractivity (Wildman–Crippen MR) is 67.8 cm³/mol.